The van der Waals surface area contributed by atoms with E-state index < -0.39 is 0 Å². The van der Waals surface area contributed by atoms with E-state index in [1.54, 1.807) is 24.6 Å². The minimum Gasteiger partial charge on any atom is -0.356 e. The van der Waals surface area contributed by atoms with Crippen LogP contribution in [0, 0.1) is 6.92 Å². The first-order valence-electron chi connectivity index (χ1n) is 6.61. The van der Waals surface area contributed by atoms with Crippen LogP contribution in [0.3, 0.4) is 0 Å². The zero-order valence-electron chi connectivity index (χ0n) is 11.8. The van der Waals surface area contributed by atoms with E-state index in [4.69, 9.17) is 0 Å². The molecule has 7 heteroatoms. The average Bonchev–Trinajstić information content (AvgIpc) is 3.09. The summed E-state index contributed by atoms with van der Waals surface area (Å²) in [5, 5.41) is 11.8. The molecule has 0 saturated carbocycles. The van der Waals surface area contributed by atoms with E-state index in [0.29, 0.717) is 6.54 Å². The maximum Gasteiger partial charge on any atom is 0.191 e. The first kappa shape index (κ1) is 14.5. The van der Waals surface area contributed by atoms with Crippen LogP contribution in [0.1, 0.15) is 16.3 Å². The van der Waals surface area contributed by atoms with Crippen molar-refractivity contribution in [3.63, 3.8) is 0 Å². The molecule has 0 radical (unpaired) electrons. The number of hydrogen-bond acceptors (Lipinski definition) is 4. The van der Waals surface area contributed by atoms with Crippen molar-refractivity contribution in [2.75, 3.05) is 13.6 Å². The molecule has 0 spiro atoms. The molecule has 0 atom stereocenters. The lowest BCUT2D eigenvalue weighted by molar-refractivity contribution is 0.570. The van der Waals surface area contributed by atoms with E-state index in [-0.39, 0.29) is 0 Å². The second kappa shape index (κ2) is 7.64. The number of thiazole rings is 1. The topological polar surface area (TPSA) is 67.1 Å². The first-order chi connectivity index (χ1) is 9.78. The van der Waals surface area contributed by atoms with Crippen LogP contribution in [-0.4, -0.2) is 34.3 Å². The SMILES string of the molecule is CN=C(NCCCn1cccn1)NCc1ncc(C)s1. The Morgan fingerprint density at radius 1 is 1.45 bits per heavy atom. The van der Waals surface area contributed by atoms with Gasteiger partial charge in [-0.15, -0.1) is 11.3 Å². The van der Waals surface area contributed by atoms with Crippen molar-refractivity contribution in [3.05, 3.63) is 34.5 Å². The molecular weight excluding hydrogens is 272 g/mol. The molecule has 20 heavy (non-hydrogen) atoms. The van der Waals surface area contributed by atoms with Gasteiger partial charge in [0.05, 0.1) is 6.54 Å². The number of nitrogens with zero attached hydrogens (tertiary/aromatic N) is 4. The Morgan fingerprint density at radius 2 is 2.35 bits per heavy atom. The summed E-state index contributed by atoms with van der Waals surface area (Å²) in [5.74, 6) is 0.804. The molecule has 0 bridgehead atoms. The Bertz CT molecular complexity index is 531. The number of hydrogen-bond donors (Lipinski definition) is 2. The quantitative estimate of drug-likeness (QED) is 0.480. The Labute approximate surface area is 123 Å². The summed E-state index contributed by atoms with van der Waals surface area (Å²) in [7, 11) is 1.77. The van der Waals surface area contributed by atoms with E-state index in [0.717, 1.165) is 30.5 Å². The van der Waals surface area contributed by atoms with E-state index in [9.17, 15) is 0 Å². The predicted molar refractivity (Wildman–Crippen MR) is 81.9 cm³/mol. The molecule has 2 heterocycles. The van der Waals surface area contributed by atoms with Crippen LogP contribution >= 0.6 is 11.3 Å². The number of nitrogens with one attached hydrogen (secondary N) is 2. The Balaban J connectivity index is 1.65. The van der Waals surface area contributed by atoms with Crippen LogP contribution in [0.4, 0.5) is 0 Å². The molecular formula is C13H20N6S. The van der Waals surface area contributed by atoms with Crippen LogP contribution < -0.4 is 10.6 Å². The second-order valence-electron chi connectivity index (χ2n) is 4.34. The average molecular weight is 292 g/mol. The second-order valence-corrected chi connectivity index (χ2v) is 5.66. The third-order valence-electron chi connectivity index (χ3n) is 2.72. The fourth-order valence-corrected chi connectivity index (χ4v) is 2.47. The van der Waals surface area contributed by atoms with E-state index in [1.165, 1.54) is 4.88 Å². The molecule has 0 aliphatic carbocycles. The molecule has 0 fully saturated rings. The minimum atomic E-state index is 0.706. The molecule has 0 aliphatic rings. The van der Waals surface area contributed by atoms with Gasteiger partial charge in [-0.2, -0.15) is 5.10 Å². The van der Waals surface area contributed by atoms with Crippen molar-refractivity contribution >= 4 is 17.3 Å². The summed E-state index contributed by atoms with van der Waals surface area (Å²) in [6, 6.07) is 1.93. The summed E-state index contributed by atoms with van der Waals surface area (Å²) in [6.45, 7) is 4.53. The van der Waals surface area contributed by atoms with Gasteiger partial charge in [0.1, 0.15) is 5.01 Å². The Kier molecular flexibility index (Phi) is 5.55. The highest BCUT2D eigenvalue weighted by Crippen LogP contribution is 2.10. The fourth-order valence-electron chi connectivity index (χ4n) is 1.74. The largest absolute Gasteiger partial charge is 0.356 e. The van der Waals surface area contributed by atoms with Crippen molar-refractivity contribution in [2.24, 2.45) is 4.99 Å². The number of aromatic nitrogens is 3. The molecule has 2 N–H and O–H groups in total. The molecule has 6 nitrogen and oxygen atoms in total. The van der Waals surface area contributed by atoms with Gasteiger partial charge in [-0.05, 0) is 19.4 Å². The summed E-state index contributed by atoms with van der Waals surface area (Å²) < 4.78 is 1.93. The highest BCUT2D eigenvalue weighted by atomic mass is 32.1. The smallest absolute Gasteiger partial charge is 0.191 e. The third kappa shape index (κ3) is 4.65. The summed E-state index contributed by atoms with van der Waals surface area (Å²) >= 11 is 1.70. The van der Waals surface area contributed by atoms with Crippen LogP contribution in [0.15, 0.2) is 29.6 Å². The Morgan fingerprint density at radius 3 is 3.00 bits per heavy atom. The van der Waals surface area contributed by atoms with Crippen LogP contribution in [0.2, 0.25) is 0 Å². The molecule has 0 aromatic carbocycles. The number of aliphatic imine (C=N–C) groups is 1. The van der Waals surface area contributed by atoms with Gasteiger partial charge in [0.25, 0.3) is 0 Å². The summed E-state index contributed by atoms with van der Waals surface area (Å²) in [6.07, 6.45) is 6.66. The first-order valence-corrected chi connectivity index (χ1v) is 7.43. The van der Waals surface area contributed by atoms with Crippen molar-refractivity contribution in [1.29, 1.82) is 0 Å². The lowest BCUT2D eigenvalue weighted by Gasteiger charge is -2.10. The molecule has 0 amide bonds. The molecule has 2 rings (SSSR count). The van der Waals surface area contributed by atoms with Crippen LogP contribution in [0.25, 0.3) is 0 Å². The summed E-state index contributed by atoms with van der Waals surface area (Å²) in [4.78, 5) is 9.73. The van der Waals surface area contributed by atoms with Gasteiger partial charge in [0, 0.05) is 43.6 Å². The third-order valence-corrected chi connectivity index (χ3v) is 3.63. The highest BCUT2D eigenvalue weighted by molar-refractivity contribution is 7.11. The predicted octanol–water partition coefficient (Wildman–Crippen LogP) is 1.40. The molecule has 0 saturated heterocycles. The Hall–Kier alpha value is -1.89. The lowest BCUT2D eigenvalue weighted by Crippen LogP contribution is -2.37. The van der Waals surface area contributed by atoms with Gasteiger partial charge in [0.15, 0.2) is 5.96 Å². The molecule has 108 valence electrons. The monoisotopic (exact) mass is 292 g/mol. The zero-order chi connectivity index (χ0) is 14.2. The van der Waals surface area contributed by atoms with Crippen molar-refractivity contribution in [2.45, 2.75) is 26.4 Å². The molecule has 2 aromatic heterocycles. The maximum absolute atomic E-state index is 4.31. The van der Waals surface area contributed by atoms with Gasteiger partial charge in [-0.25, -0.2) is 4.98 Å². The van der Waals surface area contributed by atoms with Crippen molar-refractivity contribution in [3.8, 4) is 0 Å². The van der Waals surface area contributed by atoms with Crippen LogP contribution in [0.5, 0.6) is 0 Å². The molecule has 0 aliphatic heterocycles. The number of rotatable bonds is 6. The molecule has 2 aromatic rings. The van der Waals surface area contributed by atoms with E-state index in [2.05, 4.69) is 32.6 Å². The van der Waals surface area contributed by atoms with Gasteiger partial charge in [0.2, 0.25) is 0 Å². The van der Waals surface area contributed by atoms with Gasteiger partial charge >= 0.3 is 0 Å². The number of guanidine groups is 1. The van der Waals surface area contributed by atoms with E-state index in [1.807, 2.05) is 23.1 Å². The standard InChI is InChI=1S/C13H20N6S/c1-11-9-16-12(20-11)10-17-13(14-2)15-5-3-7-19-8-4-6-18-19/h4,6,8-9H,3,5,7,10H2,1-2H3,(H2,14,15,17). The lowest BCUT2D eigenvalue weighted by atomic mass is 10.4. The van der Waals surface area contributed by atoms with Gasteiger partial charge in [-0.3, -0.25) is 9.67 Å². The highest BCUT2D eigenvalue weighted by Gasteiger charge is 2.01. The van der Waals surface area contributed by atoms with Gasteiger partial charge < -0.3 is 10.6 Å². The molecule has 0 unspecified atom stereocenters. The normalized spacial score (nSPS) is 11.6. The van der Waals surface area contributed by atoms with E-state index >= 15 is 0 Å². The summed E-state index contributed by atoms with van der Waals surface area (Å²) in [5.41, 5.74) is 0. The van der Waals surface area contributed by atoms with Crippen LogP contribution in [-0.2, 0) is 13.1 Å². The van der Waals surface area contributed by atoms with Crippen molar-refractivity contribution < 1.29 is 0 Å². The zero-order valence-corrected chi connectivity index (χ0v) is 12.7. The maximum atomic E-state index is 4.31. The fraction of sp³-hybridized carbons (Fsp3) is 0.462. The minimum absolute atomic E-state index is 0.706. The van der Waals surface area contributed by atoms with Gasteiger partial charge in [-0.1, -0.05) is 0 Å². The van der Waals surface area contributed by atoms with Crippen molar-refractivity contribution in [1.82, 2.24) is 25.4 Å². The number of aryl methyl sites for hydroxylation is 2.